The van der Waals surface area contributed by atoms with Crippen molar-refractivity contribution in [1.29, 1.82) is 5.26 Å². The first-order valence-corrected chi connectivity index (χ1v) is 13.0. The molecule has 1 aliphatic heterocycles. The number of esters is 1. The Kier molecular flexibility index (Phi) is 8.73. The fraction of sp³-hybridized carbons (Fsp3) is 0.478. The highest BCUT2D eigenvalue weighted by Crippen LogP contribution is 2.48. The van der Waals surface area contributed by atoms with Gasteiger partial charge in [0.05, 0.1) is 18.8 Å². The van der Waals surface area contributed by atoms with Crippen LogP contribution in [0, 0.1) is 16.7 Å². The molecule has 6 atom stereocenters. The predicted octanol–water partition coefficient (Wildman–Crippen LogP) is 1.75. The van der Waals surface area contributed by atoms with Crippen LogP contribution in [0.25, 0.3) is 0 Å². The van der Waals surface area contributed by atoms with E-state index >= 15 is 0 Å². The van der Waals surface area contributed by atoms with Gasteiger partial charge in [-0.05, 0) is 45.9 Å². The minimum Gasteiger partial charge on any atom is -0.462 e. The van der Waals surface area contributed by atoms with Crippen LogP contribution in [-0.2, 0) is 23.4 Å². The zero-order chi connectivity index (χ0) is 27.4. The van der Waals surface area contributed by atoms with Crippen molar-refractivity contribution in [1.82, 2.24) is 14.6 Å². The lowest BCUT2D eigenvalue weighted by atomic mass is 9.84. The van der Waals surface area contributed by atoms with E-state index in [-0.39, 0.29) is 11.6 Å². The number of nitrogens with zero attached hydrogens (tertiary/aromatic N) is 3. The molecule has 0 aliphatic carbocycles. The van der Waals surface area contributed by atoms with Gasteiger partial charge < -0.3 is 24.8 Å². The minimum atomic E-state index is -4.25. The average Bonchev–Trinajstić information content (AvgIpc) is 3.08. The number of rotatable bonds is 10. The van der Waals surface area contributed by atoms with Gasteiger partial charge in [-0.15, -0.1) is 0 Å². The first-order valence-electron chi connectivity index (χ1n) is 11.5. The summed E-state index contributed by atoms with van der Waals surface area (Å²) in [6.45, 7) is 5.66. The van der Waals surface area contributed by atoms with Crippen LogP contribution in [0.15, 0.2) is 47.4 Å². The molecule has 37 heavy (non-hydrogen) atoms. The molecule has 0 radical (unpaired) electrons. The lowest BCUT2D eigenvalue weighted by Crippen LogP contribution is -2.40. The number of nitrogens with two attached hydrogens (primary N) is 1. The van der Waals surface area contributed by atoms with Gasteiger partial charge in [0.15, 0.2) is 6.23 Å². The number of ether oxygens (including phenoxy) is 2. The number of para-hydroxylation sites is 1. The Bertz CT molecular complexity index is 1250. The molecule has 2 unspecified atom stereocenters. The second-order valence-electron chi connectivity index (χ2n) is 8.94. The molecule has 3 rings (SSSR count). The summed E-state index contributed by atoms with van der Waals surface area (Å²) in [6.07, 6.45) is -3.01. The topological polar surface area (TPSA) is 188 Å². The Morgan fingerprint density at radius 1 is 1.35 bits per heavy atom. The highest BCUT2D eigenvalue weighted by atomic mass is 31.2. The molecule has 1 aromatic heterocycles. The van der Waals surface area contributed by atoms with Gasteiger partial charge in [-0.2, -0.15) is 15.3 Å². The Balaban J connectivity index is 1.83. The molecular formula is C23H30N5O8P. The summed E-state index contributed by atoms with van der Waals surface area (Å²) in [7, 11) is -4.25. The van der Waals surface area contributed by atoms with Crippen molar-refractivity contribution in [3.05, 3.63) is 53.1 Å². The SMILES string of the molecule is CC(C)OC(=O)[C@H](C)NP(=O)(OC[C@H]1OC(n2ccc(N)nc2=O)[C@](C)(C#N)[C@@H]1O)Oc1ccccc1. The number of benzene rings is 1. The fourth-order valence-electron chi connectivity index (χ4n) is 3.63. The van der Waals surface area contributed by atoms with Crippen LogP contribution in [0.1, 0.15) is 33.9 Å². The standard InChI is InChI=1S/C23H30N5O8P/c1-14(2)34-20(30)15(3)27-37(32,36-16-8-6-5-7-9-16)33-12-17-19(29)23(4,13-24)21(35-17)28-11-10-18(25)26-22(28)31/h5-11,14-15,17,19,21,29H,12H2,1-4H3,(H,27,32)(H2,25,26,31)/t15-,17+,19+,21?,23+,37?/m0/s1. The van der Waals surface area contributed by atoms with E-state index in [1.165, 1.54) is 26.1 Å². The van der Waals surface area contributed by atoms with Gasteiger partial charge in [-0.1, -0.05) is 18.2 Å². The molecule has 1 aliphatic rings. The summed E-state index contributed by atoms with van der Waals surface area (Å²) in [5.74, 6) is -0.511. The van der Waals surface area contributed by atoms with Gasteiger partial charge in [-0.25, -0.2) is 9.36 Å². The number of hydrogen-bond donors (Lipinski definition) is 3. The van der Waals surface area contributed by atoms with Crippen molar-refractivity contribution in [3.63, 3.8) is 0 Å². The second-order valence-corrected chi connectivity index (χ2v) is 10.6. The average molecular weight is 535 g/mol. The summed E-state index contributed by atoms with van der Waals surface area (Å²) in [4.78, 5) is 28.3. The molecule has 14 heteroatoms. The Morgan fingerprint density at radius 2 is 2.03 bits per heavy atom. The second kappa shape index (κ2) is 11.4. The summed E-state index contributed by atoms with van der Waals surface area (Å²) < 4.78 is 36.8. The molecule has 1 aromatic carbocycles. The van der Waals surface area contributed by atoms with E-state index < -0.39 is 62.0 Å². The molecule has 1 fully saturated rings. The van der Waals surface area contributed by atoms with Crippen LogP contribution in [0.3, 0.4) is 0 Å². The summed E-state index contributed by atoms with van der Waals surface area (Å²) in [6, 6.07) is 10.4. The van der Waals surface area contributed by atoms with Crippen molar-refractivity contribution >= 4 is 19.5 Å². The van der Waals surface area contributed by atoms with E-state index in [4.69, 9.17) is 24.3 Å². The molecular weight excluding hydrogens is 505 g/mol. The number of hydrogen-bond acceptors (Lipinski definition) is 11. The molecule has 0 spiro atoms. The normalized spacial score (nSPS) is 25.7. The number of carbonyl (C=O) groups is 1. The van der Waals surface area contributed by atoms with Gasteiger partial charge in [0.1, 0.15) is 35.2 Å². The third-order valence-corrected chi connectivity index (χ3v) is 7.21. The van der Waals surface area contributed by atoms with Crippen molar-refractivity contribution in [2.24, 2.45) is 5.41 Å². The maximum Gasteiger partial charge on any atom is 0.459 e. The van der Waals surface area contributed by atoms with Crippen molar-refractivity contribution in [2.75, 3.05) is 12.3 Å². The van der Waals surface area contributed by atoms with E-state index in [0.29, 0.717) is 0 Å². The smallest absolute Gasteiger partial charge is 0.459 e. The quantitative estimate of drug-likeness (QED) is 0.296. The number of nitriles is 1. The molecule has 0 amide bonds. The number of anilines is 1. The summed E-state index contributed by atoms with van der Waals surface area (Å²) >= 11 is 0. The lowest BCUT2D eigenvalue weighted by molar-refractivity contribution is -0.149. The van der Waals surface area contributed by atoms with Gasteiger partial charge in [-0.3, -0.25) is 13.9 Å². The predicted molar refractivity (Wildman–Crippen MR) is 131 cm³/mol. The Morgan fingerprint density at radius 3 is 2.62 bits per heavy atom. The molecule has 2 aromatic rings. The van der Waals surface area contributed by atoms with Gasteiger partial charge in [0.25, 0.3) is 0 Å². The number of aliphatic hydroxyl groups excluding tert-OH is 1. The highest BCUT2D eigenvalue weighted by Gasteiger charge is 2.55. The molecule has 0 saturated carbocycles. The minimum absolute atomic E-state index is 0.0199. The molecule has 1 saturated heterocycles. The van der Waals surface area contributed by atoms with E-state index in [9.17, 15) is 24.5 Å². The maximum atomic E-state index is 13.7. The van der Waals surface area contributed by atoms with Crippen LogP contribution < -0.4 is 21.0 Å². The van der Waals surface area contributed by atoms with E-state index in [2.05, 4.69) is 10.1 Å². The summed E-state index contributed by atoms with van der Waals surface area (Å²) in [5.41, 5.74) is 3.17. The summed E-state index contributed by atoms with van der Waals surface area (Å²) in [5, 5.41) is 23.3. The van der Waals surface area contributed by atoms with Crippen LogP contribution >= 0.6 is 7.75 Å². The molecule has 13 nitrogen and oxygen atoms in total. The van der Waals surface area contributed by atoms with Crippen molar-refractivity contribution < 1.29 is 33.0 Å². The van der Waals surface area contributed by atoms with Crippen LogP contribution in [0.5, 0.6) is 5.75 Å². The fourth-order valence-corrected chi connectivity index (χ4v) is 5.13. The monoisotopic (exact) mass is 535 g/mol. The molecule has 0 bridgehead atoms. The zero-order valence-corrected chi connectivity index (χ0v) is 21.7. The molecule has 200 valence electrons. The van der Waals surface area contributed by atoms with E-state index in [0.717, 1.165) is 4.57 Å². The molecule has 2 heterocycles. The number of carbonyl (C=O) groups excluding carboxylic acids is 1. The van der Waals surface area contributed by atoms with Crippen LogP contribution in [0.4, 0.5) is 5.82 Å². The van der Waals surface area contributed by atoms with Crippen molar-refractivity contribution in [3.8, 4) is 11.8 Å². The van der Waals surface area contributed by atoms with E-state index in [1.807, 2.05) is 6.07 Å². The maximum absolute atomic E-state index is 13.7. The van der Waals surface area contributed by atoms with E-state index in [1.54, 1.807) is 44.2 Å². The number of aliphatic hydroxyl groups is 1. The Hall–Kier alpha value is -3.27. The number of nitrogens with one attached hydrogen (secondary N) is 1. The third-order valence-electron chi connectivity index (χ3n) is 5.56. The van der Waals surface area contributed by atoms with Crippen LogP contribution in [0.2, 0.25) is 0 Å². The van der Waals surface area contributed by atoms with Gasteiger partial charge >= 0.3 is 19.4 Å². The number of aromatic nitrogens is 2. The lowest BCUT2D eigenvalue weighted by Gasteiger charge is -2.26. The van der Waals surface area contributed by atoms with Gasteiger partial charge in [0, 0.05) is 6.20 Å². The zero-order valence-electron chi connectivity index (χ0n) is 20.8. The molecule has 4 N–H and O–H groups in total. The first-order chi connectivity index (χ1) is 17.4. The van der Waals surface area contributed by atoms with Gasteiger partial charge in [0.2, 0.25) is 0 Å². The first kappa shape index (κ1) is 28.3. The highest BCUT2D eigenvalue weighted by molar-refractivity contribution is 7.52. The van der Waals surface area contributed by atoms with Crippen molar-refractivity contribution in [2.45, 2.75) is 58.3 Å². The largest absolute Gasteiger partial charge is 0.462 e. The third kappa shape index (κ3) is 6.54. The Labute approximate surface area is 213 Å². The van der Waals surface area contributed by atoms with Crippen LogP contribution in [-0.4, -0.2) is 51.6 Å². The number of nitrogen functional groups attached to an aromatic ring is 1.